The maximum atomic E-state index is 15.0. The fourth-order valence-electron chi connectivity index (χ4n) is 4.67. The molecular formula is C26H25ClFN3O3. The lowest BCUT2D eigenvalue weighted by Gasteiger charge is -2.59. The van der Waals surface area contributed by atoms with E-state index >= 15 is 0 Å². The number of pyridine rings is 1. The van der Waals surface area contributed by atoms with Gasteiger partial charge in [-0.05, 0) is 50.6 Å². The Morgan fingerprint density at radius 2 is 1.74 bits per heavy atom. The molecule has 0 atom stereocenters. The van der Waals surface area contributed by atoms with Crippen LogP contribution < -0.4 is 0 Å². The topological polar surface area (TPSA) is 62.7 Å². The van der Waals surface area contributed by atoms with Gasteiger partial charge in [-0.25, -0.2) is 9.18 Å². The molecule has 1 aromatic heterocycles. The first kappa shape index (κ1) is 22.6. The second kappa shape index (κ2) is 7.94. The maximum absolute atomic E-state index is 15.0. The predicted octanol–water partition coefficient (Wildman–Crippen LogP) is 5.39. The molecule has 176 valence electrons. The molecule has 0 unspecified atom stereocenters. The molecule has 2 aromatic carbocycles. The monoisotopic (exact) mass is 481 g/mol. The quantitative estimate of drug-likeness (QED) is 0.492. The van der Waals surface area contributed by atoms with E-state index in [1.54, 1.807) is 46.3 Å². The number of hydrogen-bond acceptors (Lipinski definition) is 4. The van der Waals surface area contributed by atoms with Crippen LogP contribution in [0, 0.1) is 11.2 Å². The summed E-state index contributed by atoms with van der Waals surface area (Å²) in [5.41, 5.74) is 1.43. The van der Waals surface area contributed by atoms with E-state index in [1.165, 1.54) is 6.07 Å². The minimum Gasteiger partial charge on any atom is -0.444 e. The summed E-state index contributed by atoms with van der Waals surface area (Å²) >= 11 is 6.19. The molecule has 0 radical (unpaired) electrons. The summed E-state index contributed by atoms with van der Waals surface area (Å²) in [6, 6.07) is 11.7. The Labute approximate surface area is 202 Å². The lowest BCUT2D eigenvalue weighted by atomic mass is 9.73. The number of aromatic nitrogens is 1. The van der Waals surface area contributed by atoms with Gasteiger partial charge in [0.15, 0.2) is 0 Å². The lowest BCUT2D eigenvalue weighted by molar-refractivity contribution is -0.0980. The van der Waals surface area contributed by atoms with E-state index in [-0.39, 0.29) is 17.4 Å². The summed E-state index contributed by atoms with van der Waals surface area (Å²) in [4.78, 5) is 32.7. The smallest absolute Gasteiger partial charge is 0.410 e. The first-order chi connectivity index (χ1) is 16.0. The Bertz CT molecular complexity index is 1310. The van der Waals surface area contributed by atoms with Gasteiger partial charge in [-0.3, -0.25) is 9.78 Å². The molecule has 6 nitrogen and oxygen atoms in total. The average molecular weight is 482 g/mol. The summed E-state index contributed by atoms with van der Waals surface area (Å²) in [6.07, 6.45) is 1.29. The SMILES string of the molecule is CC(C)(C)OC(=O)N1CC2(C1)CN(C(=O)c1ccc(-c3ccc4c(Cl)ccnc4c3)c(F)c1)C2. The second-order valence-electron chi connectivity index (χ2n) is 10.2. The highest BCUT2D eigenvalue weighted by Crippen LogP contribution is 2.41. The summed E-state index contributed by atoms with van der Waals surface area (Å²) < 4.78 is 20.4. The summed E-state index contributed by atoms with van der Waals surface area (Å²) in [5.74, 6) is -0.680. The van der Waals surface area contributed by atoms with Gasteiger partial charge in [-0.1, -0.05) is 29.8 Å². The van der Waals surface area contributed by atoms with Crippen molar-refractivity contribution in [2.45, 2.75) is 26.4 Å². The summed E-state index contributed by atoms with van der Waals surface area (Å²) in [5, 5.41) is 1.39. The van der Waals surface area contributed by atoms with E-state index < -0.39 is 11.4 Å². The van der Waals surface area contributed by atoms with Crippen LogP contribution in [-0.2, 0) is 4.74 Å². The number of benzene rings is 2. The number of hydrogen-bond donors (Lipinski definition) is 0. The van der Waals surface area contributed by atoms with Crippen molar-refractivity contribution in [2.75, 3.05) is 26.2 Å². The van der Waals surface area contributed by atoms with Crippen LogP contribution in [0.25, 0.3) is 22.0 Å². The van der Waals surface area contributed by atoms with Crippen molar-refractivity contribution in [2.24, 2.45) is 5.41 Å². The van der Waals surface area contributed by atoms with E-state index in [0.717, 1.165) is 5.39 Å². The minimum absolute atomic E-state index is 0.0789. The zero-order valence-electron chi connectivity index (χ0n) is 19.3. The van der Waals surface area contributed by atoms with Gasteiger partial charge in [-0.2, -0.15) is 0 Å². The Morgan fingerprint density at radius 3 is 2.41 bits per heavy atom. The molecule has 2 fully saturated rings. The average Bonchev–Trinajstić information content (AvgIpc) is 2.70. The largest absolute Gasteiger partial charge is 0.444 e. The molecule has 3 heterocycles. The van der Waals surface area contributed by atoms with Gasteiger partial charge >= 0.3 is 6.09 Å². The normalized spacial score (nSPS) is 16.9. The van der Waals surface area contributed by atoms with Crippen LogP contribution in [0.2, 0.25) is 5.02 Å². The minimum atomic E-state index is -0.534. The van der Waals surface area contributed by atoms with Gasteiger partial charge in [-0.15, -0.1) is 0 Å². The number of halogens is 2. The molecule has 2 aliphatic heterocycles. The van der Waals surface area contributed by atoms with E-state index in [2.05, 4.69) is 4.98 Å². The van der Waals surface area contributed by atoms with Gasteiger partial charge < -0.3 is 14.5 Å². The van der Waals surface area contributed by atoms with Crippen molar-refractivity contribution in [1.82, 2.24) is 14.8 Å². The number of ether oxygens (including phenoxy) is 1. The maximum Gasteiger partial charge on any atom is 0.410 e. The zero-order valence-corrected chi connectivity index (χ0v) is 20.0. The molecule has 3 aromatic rings. The summed E-state index contributed by atoms with van der Waals surface area (Å²) in [6.45, 7) is 7.73. The molecular weight excluding hydrogens is 457 g/mol. The molecule has 0 bridgehead atoms. The van der Waals surface area contributed by atoms with Crippen LogP contribution in [0.1, 0.15) is 31.1 Å². The number of nitrogens with zero attached hydrogens (tertiary/aromatic N) is 3. The molecule has 0 aliphatic carbocycles. The number of carbonyl (C=O) groups is 2. The Morgan fingerprint density at radius 1 is 1.03 bits per heavy atom. The predicted molar refractivity (Wildman–Crippen MR) is 128 cm³/mol. The van der Waals surface area contributed by atoms with E-state index in [4.69, 9.17) is 16.3 Å². The third-order valence-corrected chi connectivity index (χ3v) is 6.59. The van der Waals surface area contributed by atoms with Crippen LogP contribution in [0.15, 0.2) is 48.7 Å². The fourth-order valence-corrected chi connectivity index (χ4v) is 4.89. The summed E-state index contributed by atoms with van der Waals surface area (Å²) in [7, 11) is 0. The number of fused-ring (bicyclic) bond motifs is 1. The van der Waals surface area contributed by atoms with Gasteiger partial charge in [0.1, 0.15) is 11.4 Å². The number of rotatable bonds is 2. The molecule has 2 amide bonds. The molecule has 5 rings (SSSR count). The first-order valence-corrected chi connectivity index (χ1v) is 11.5. The van der Waals surface area contributed by atoms with Crippen LogP contribution in [0.4, 0.5) is 9.18 Å². The van der Waals surface area contributed by atoms with Gasteiger partial charge in [0.25, 0.3) is 5.91 Å². The standard InChI is InChI=1S/C26H25ClFN3O3/c1-25(2,3)34-24(33)31-14-26(15-31)12-30(13-26)23(32)17-5-6-18(21(28)10-17)16-4-7-19-20(27)8-9-29-22(19)11-16/h4-11H,12-15H2,1-3H3. The molecule has 2 aliphatic rings. The Hall–Kier alpha value is -3.19. The molecule has 1 spiro atoms. The third-order valence-electron chi connectivity index (χ3n) is 6.26. The van der Waals surface area contributed by atoms with Crippen molar-refractivity contribution < 1.29 is 18.7 Å². The van der Waals surface area contributed by atoms with Gasteiger partial charge in [0.05, 0.1) is 10.5 Å². The van der Waals surface area contributed by atoms with E-state index in [0.29, 0.717) is 53.4 Å². The number of amides is 2. The number of likely N-dealkylation sites (tertiary alicyclic amines) is 2. The van der Waals surface area contributed by atoms with Crippen LogP contribution in [-0.4, -0.2) is 58.6 Å². The van der Waals surface area contributed by atoms with Crippen molar-refractivity contribution in [1.29, 1.82) is 0 Å². The second-order valence-corrected chi connectivity index (χ2v) is 10.6. The fraction of sp³-hybridized carbons (Fsp3) is 0.346. The molecule has 34 heavy (non-hydrogen) atoms. The number of carbonyl (C=O) groups excluding carboxylic acids is 2. The third kappa shape index (κ3) is 4.09. The van der Waals surface area contributed by atoms with E-state index in [1.807, 2.05) is 26.8 Å². The van der Waals surface area contributed by atoms with Crippen molar-refractivity contribution >= 4 is 34.5 Å². The van der Waals surface area contributed by atoms with Crippen molar-refractivity contribution in [3.8, 4) is 11.1 Å². The van der Waals surface area contributed by atoms with Crippen LogP contribution >= 0.6 is 11.6 Å². The Kier molecular flexibility index (Phi) is 5.28. The van der Waals surface area contributed by atoms with Crippen LogP contribution in [0.5, 0.6) is 0 Å². The van der Waals surface area contributed by atoms with Crippen LogP contribution in [0.3, 0.4) is 0 Å². The molecule has 0 saturated carbocycles. The molecule has 8 heteroatoms. The molecule has 0 N–H and O–H groups in total. The highest BCUT2D eigenvalue weighted by molar-refractivity contribution is 6.35. The highest BCUT2D eigenvalue weighted by atomic mass is 35.5. The van der Waals surface area contributed by atoms with E-state index in [9.17, 15) is 14.0 Å². The first-order valence-electron chi connectivity index (χ1n) is 11.2. The van der Waals surface area contributed by atoms with Crippen molar-refractivity contribution in [3.63, 3.8) is 0 Å². The lowest BCUT2D eigenvalue weighted by Crippen LogP contribution is -2.73. The van der Waals surface area contributed by atoms with Gasteiger partial charge in [0, 0.05) is 54.3 Å². The van der Waals surface area contributed by atoms with Gasteiger partial charge in [0.2, 0.25) is 0 Å². The Balaban J connectivity index is 1.24. The van der Waals surface area contributed by atoms with Crippen molar-refractivity contribution in [3.05, 3.63) is 65.1 Å². The highest BCUT2D eigenvalue weighted by Gasteiger charge is 2.55. The zero-order chi connectivity index (χ0) is 24.3. The molecule has 2 saturated heterocycles.